The molecule has 1 atom stereocenters. The summed E-state index contributed by atoms with van der Waals surface area (Å²) < 4.78 is 0. The fourth-order valence-electron chi connectivity index (χ4n) is 0.241. The van der Waals surface area contributed by atoms with Gasteiger partial charge in [0.1, 0.15) is 0 Å². The van der Waals surface area contributed by atoms with E-state index in [1.54, 1.807) is 0 Å². The third-order valence-corrected chi connectivity index (χ3v) is 0.799. The molecule has 0 aliphatic heterocycles. The van der Waals surface area contributed by atoms with E-state index in [0.29, 0.717) is 0 Å². The maximum absolute atomic E-state index is 9.92. The van der Waals surface area contributed by atoms with Crippen LogP contribution in [0, 0.1) is 0 Å². The van der Waals surface area contributed by atoms with Gasteiger partial charge in [0.2, 0.25) is 0 Å². The molecule has 1 N–H and O–H groups in total. The van der Waals surface area contributed by atoms with Crippen LogP contribution in [0.5, 0.6) is 0 Å². The van der Waals surface area contributed by atoms with Crippen molar-refractivity contribution in [1.29, 1.82) is 0 Å². The zero-order valence-corrected chi connectivity index (χ0v) is 13.4. The van der Waals surface area contributed by atoms with E-state index in [9.17, 15) is 14.7 Å². The zero-order chi connectivity index (χ0) is 7.44. The largest absolute Gasteiger partial charge is 1.00 e. The van der Waals surface area contributed by atoms with E-state index in [1.165, 1.54) is 0 Å². The SMILES string of the molecule is O=C([S-])CC(O)C(=O)[O-].[K+].[K+]. The topological polar surface area (TPSA) is 77.4 Å². The van der Waals surface area contributed by atoms with Crippen LogP contribution in [0.15, 0.2) is 0 Å². The van der Waals surface area contributed by atoms with Gasteiger partial charge >= 0.3 is 103 Å². The van der Waals surface area contributed by atoms with Gasteiger partial charge in [-0.2, -0.15) is 0 Å². The Labute approximate surface area is 155 Å². The minimum Gasteiger partial charge on any atom is -0.742 e. The van der Waals surface area contributed by atoms with E-state index in [1.807, 2.05) is 0 Å². The summed E-state index contributed by atoms with van der Waals surface area (Å²) in [5.41, 5.74) is 0. The number of aliphatic carboxylic acids is 1. The first-order chi connectivity index (χ1) is 4.04. The molecule has 0 rings (SSSR count). The fourth-order valence-corrected chi connectivity index (χ4v) is 0.399. The maximum atomic E-state index is 9.92. The van der Waals surface area contributed by atoms with Gasteiger partial charge in [-0.1, -0.05) is 0 Å². The van der Waals surface area contributed by atoms with Gasteiger partial charge in [0, 0.05) is 11.5 Å². The number of carboxylic acid groups (broad SMARTS) is 1. The molecule has 0 aromatic heterocycles. The van der Waals surface area contributed by atoms with Gasteiger partial charge in [0.05, 0.1) is 12.1 Å². The Morgan fingerprint density at radius 1 is 1.45 bits per heavy atom. The number of carboxylic acids is 1. The third kappa shape index (κ3) is 12.6. The Morgan fingerprint density at radius 3 is 1.91 bits per heavy atom. The first-order valence-corrected chi connectivity index (χ1v) is 2.53. The van der Waals surface area contributed by atoms with Crippen LogP contribution in [0.25, 0.3) is 0 Å². The Kier molecular flexibility index (Phi) is 18.6. The van der Waals surface area contributed by atoms with Gasteiger partial charge in [-0.15, -0.1) is 0 Å². The van der Waals surface area contributed by atoms with Gasteiger partial charge < -0.3 is 32.4 Å². The molecule has 0 saturated carbocycles. The van der Waals surface area contributed by atoms with Gasteiger partial charge in [0.25, 0.3) is 0 Å². The molecule has 7 heteroatoms. The monoisotopic (exact) mass is 226 g/mol. The fraction of sp³-hybridized carbons (Fsp3) is 0.500. The van der Waals surface area contributed by atoms with E-state index < -0.39 is 23.6 Å². The molecule has 0 fully saturated rings. The van der Waals surface area contributed by atoms with Crippen LogP contribution >= 0.6 is 0 Å². The van der Waals surface area contributed by atoms with Crippen LogP contribution in [0.2, 0.25) is 0 Å². The summed E-state index contributed by atoms with van der Waals surface area (Å²) in [6.07, 6.45) is -2.31. The molecule has 0 radical (unpaired) electrons. The summed E-state index contributed by atoms with van der Waals surface area (Å²) >= 11 is 3.98. The van der Waals surface area contributed by atoms with Crippen molar-refractivity contribution >= 4 is 23.7 Å². The van der Waals surface area contributed by atoms with Crippen LogP contribution in [0.3, 0.4) is 0 Å². The van der Waals surface area contributed by atoms with Crippen molar-refractivity contribution in [3.8, 4) is 0 Å². The summed E-state index contributed by atoms with van der Waals surface area (Å²) in [5.74, 6) is -1.67. The molecule has 0 spiro atoms. The number of aliphatic hydroxyl groups is 1. The van der Waals surface area contributed by atoms with Crippen molar-refractivity contribution < 1.29 is 123 Å². The smallest absolute Gasteiger partial charge is 0.742 e. The third-order valence-electron chi connectivity index (χ3n) is 0.632. The second kappa shape index (κ2) is 10.7. The number of carbonyl (C=O) groups is 2. The minimum absolute atomic E-state index is 0. The minimum atomic E-state index is -1.75. The van der Waals surface area contributed by atoms with E-state index in [-0.39, 0.29) is 103 Å². The van der Waals surface area contributed by atoms with E-state index in [2.05, 4.69) is 12.6 Å². The van der Waals surface area contributed by atoms with Crippen LogP contribution in [0.1, 0.15) is 6.42 Å². The molecule has 0 aliphatic carbocycles. The van der Waals surface area contributed by atoms with Crippen molar-refractivity contribution in [3.05, 3.63) is 0 Å². The van der Waals surface area contributed by atoms with Crippen molar-refractivity contribution in [2.24, 2.45) is 0 Å². The van der Waals surface area contributed by atoms with Gasteiger partial charge in [-0.25, -0.2) is 0 Å². The van der Waals surface area contributed by atoms with Crippen molar-refractivity contribution in [2.45, 2.75) is 12.5 Å². The van der Waals surface area contributed by atoms with Gasteiger partial charge in [0.15, 0.2) is 0 Å². The average molecular weight is 226 g/mol. The Bertz CT molecular complexity index is 140. The summed E-state index contributed by atoms with van der Waals surface area (Å²) in [6, 6.07) is 0. The molecule has 52 valence electrons. The molecule has 1 unspecified atom stereocenters. The van der Waals surface area contributed by atoms with E-state index in [4.69, 9.17) is 5.11 Å². The number of rotatable bonds is 3. The number of hydrogen-bond acceptors (Lipinski definition) is 5. The molecule has 0 amide bonds. The van der Waals surface area contributed by atoms with Gasteiger partial charge in [-0.05, 0) is 0 Å². The van der Waals surface area contributed by atoms with E-state index >= 15 is 0 Å². The number of carbonyl (C=O) groups excluding carboxylic acids is 2. The molecule has 4 nitrogen and oxygen atoms in total. The molecular weight excluding hydrogens is 222 g/mol. The van der Waals surface area contributed by atoms with Crippen LogP contribution < -0.4 is 108 Å². The van der Waals surface area contributed by atoms with E-state index in [0.717, 1.165) is 0 Å². The standard InChI is InChI=1S/C4H6O4S.2K/c5-2(4(7)8)1-3(6)9;;/h2,5H,1H2,(H,6,9)(H,7,8);;/q;2*+1/p-2. The molecule has 0 aromatic rings. The molecule has 0 saturated heterocycles. The molecule has 0 aromatic carbocycles. The summed E-state index contributed by atoms with van der Waals surface area (Å²) in [7, 11) is 0. The Morgan fingerprint density at radius 2 is 1.82 bits per heavy atom. The quantitative estimate of drug-likeness (QED) is 0.382. The normalized spacial score (nSPS) is 10.3. The van der Waals surface area contributed by atoms with Crippen molar-refractivity contribution in [2.75, 3.05) is 0 Å². The van der Waals surface area contributed by atoms with Crippen LogP contribution in [0.4, 0.5) is 0 Å². The summed E-state index contributed by atoms with van der Waals surface area (Å²) in [5, 5.41) is 17.2. The second-order valence-electron chi connectivity index (χ2n) is 1.41. The number of hydrogen-bond donors (Lipinski definition) is 1. The summed E-state index contributed by atoms with van der Waals surface area (Å²) in [4.78, 5) is 19.6. The van der Waals surface area contributed by atoms with Crippen molar-refractivity contribution in [1.82, 2.24) is 0 Å². The molecule has 11 heavy (non-hydrogen) atoms. The molecule has 0 heterocycles. The first kappa shape index (κ1) is 19.2. The van der Waals surface area contributed by atoms with Crippen LogP contribution in [-0.4, -0.2) is 22.3 Å². The van der Waals surface area contributed by atoms with Gasteiger partial charge in [-0.3, -0.25) is 0 Å². The first-order valence-electron chi connectivity index (χ1n) is 2.13. The number of aliphatic hydroxyl groups excluding tert-OH is 1. The molecule has 0 aliphatic rings. The second-order valence-corrected chi connectivity index (χ2v) is 1.87. The summed E-state index contributed by atoms with van der Waals surface area (Å²) in [6.45, 7) is 0. The predicted octanol–water partition coefficient (Wildman–Crippen LogP) is -8.43. The molecule has 0 bridgehead atoms. The maximum Gasteiger partial charge on any atom is 1.00 e. The molecular formula is C4H4K2O4S. The van der Waals surface area contributed by atoms with Crippen LogP contribution in [-0.2, 0) is 22.2 Å². The average Bonchev–Trinajstić information content (AvgIpc) is 1.63. The Hall–Kier alpha value is 2.59. The Balaban J connectivity index is -0.000000320. The van der Waals surface area contributed by atoms with Crippen molar-refractivity contribution in [3.63, 3.8) is 0 Å². The predicted molar refractivity (Wildman–Crippen MR) is 28.0 cm³/mol. The zero-order valence-electron chi connectivity index (χ0n) is 6.36.